The molecule has 2 aromatic carbocycles. The van der Waals surface area contributed by atoms with Gasteiger partial charge in [0.15, 0.2) is 0 Å². The summed E-state index contributed by atoms with van der Waals surface area (Å²) in [6.07, 6.45) is 0. The minimum Gasteiger partial charge on any atom is -0.472 e. The van der Waals surface area contributed by atoms with Crippen LogP contribution in [0.2, 0.25) is 0 Å². The smallest absolute Gasteiger partial charge is 0.272 e. The number of carbonyl (C=O) groups is 1. The Morgan fingerprint density at radius 1 is 1.07 bits per heavy atom. The Hall–Kier alpha value is -3.15. The second kappa shape index (κ2) is 7.23. The van der Waals surface area contributed by atoms with Crippen LogP contribution in [0.15, 0.2) is 54.6 Å². The van der Waals surface area contributed by atoms with E-state index in [0.717, 1.165) is 11.1 Å². The van der Waals surface area contributed by atoms with Crippen LogP contribution in [-0.4, -0.2) is 27.1 Å². The highest BCUT2D eigenvalue weighted by molar-refractivity contribution is 5.93. The average Bonchev–Trinajstić information content (AvgIpc) is 3.10. The molecule has 1 amide bonds. The third-order valence-corrected chi connectivity index (χ3v) is 4.67. The summed E-state index contributed by atoms with van der Waals surface area (Å²) in [5.74, 6) is 0.119. The van der Waals surface area contributed by atoms with Gasteiger partial charge in [-0.1, -0.05) is 42.5 Å². The molecule has 4 rings (SSSR count). The fraction of sp³-hybridized carbons (Fsp3) is 0.238. The van der Waals surface area contributed by atoms with E-state index in [9.17, 15) is 9.18 Å². The SMILES string of the molecule is Cc1cc(CN2CCn3nc(OCc4ccccc4)cc3C2=O)ccc1F. The molecule has 1 aliphatic heterocycles. The van der Waals surface area contributed by atoms with Gasteiger partial charge in [0.25, 0.3) is 5.91 Å². The van der Waals surface area contributed by atoms with Crippen LogP contribution in [0.1, 0.15) is 27.2 Å². The molecule has 0 spiro atoms. The van der Waals surface area contributed by atoms with Crippen molar-refractivity contribution in [1.29, 1.82) is 0 Å². The Labute approximate surface area is 157 Å². The average molecular weight is 365 g/mol. The van der Waals surface area contributed by atoms with E-state index in [1.165, 1.54) is 6.07 Å². The van der Waals surface area contributed by atoms with E-state index in [1.54, 1.807) is 34.7 Å². The molecular weight excluding hydrogens is 345 g/mol. The minimum atomic E-state index is -0.234. The lowest BCUT2D eigenvalue weighted by Crippen LogP contribution is -2.39. The highest BCUT2D eigenvalue weighted by atomic mass is 19.1. The third-order valence-electron chi connectivity index (χ3n) is 4.67. The van der Waals surface area contributed by atoms with Crippen molar-refractivity contribution in [2.75, 3.05) is 6.54 Å². The number of carbonyl (C=O) groups excluding carboxylic acids is 1. The maximum Gasteiger partial charge on any atom is 0.272 e. The molecule has 0 fully saturated rings. The first-order valence-electron chi connectivity index (χ1n) is 8.89. The number of fused-ring (bicyclic) bond motifs is 1. The summed E-state index contributed by atoms with van der Waals surface area (Å²) in [7, 11) is 0. The van der Waals surface area contributed by atoms with Crippen molar-refractivity contribution < 1.29 is 13.9 Å². The van der Waals surface area contributed by atoms with Gasteiger partial charge < -0.3 is 9.64 Å². The zero-order valence-electron chi connectivity index (χ0n) is 15.1. The topological polar surface area (TPSA) is 47.4 Å². The summed E-state index contributed by atoms with van der Waals surface area (Å²) in [6, 6.07) is 16.5. The lowest BCUT2D eigenvalue weighted by Gasteiger charge is -2.27. The number of aromatic nitrogens is 2. The molecule has 27 heavy (non-hydrogen) atoms. The molecule has 0 aliphatic carbocycles. The van der Waals surface area contributed by atoms with Gasteiger partial charge in [0.1, 0.15) is 18.1 Å². The van der Waals surface area contributed by atoms with Crippen LogP contribution in [0.25, 0.3) is 0 Å². The van der Waals surface area contributed by atoms with E-state index in [-0.39, 0.29) is 11.7 Å². The van der Waals surface area contributed by atoms with Gasteiger partial charge in [-0.15, -0.1) is 5.10 Å². The van der Waals surface area contributed by atoms with E-state index in [4.69, 9.17) is 4.74 Å². The van der Waals surface area contributed by atoms with Gasteiger partial charge in [0.05, 0.1) is 6.54 Å². The zero-order valence-corrected chi connectivity index (χ0v) is 15.1. The molecule has 5 nitrogen and oxygen atoms in total. The molecule has 0 radical (unpaired) electrons. The summed E-state index contributed by atoms with van der Waals surface area (Å²) in [5, 5.41) is 4.38. The van der Waals surface area contributed by atoms with E-state index in [0.29, 0.717) is 43.4 Å². The van der Waals surface area contributed by atoms with Crippen LogP contribution >= 0.6 is 0 Å². The van der Waals surface area contributed by atoms with Gasteiger partial charge in [0, 0.05) is 19.2 Å². The van der Waals surface area contributed by atoms with E-state index in [2.05, 4.69) is 5.10 Å². The quantitative estimate of drug-likeness (QED) is 0.695. The molecular formula is C21H20FN3O2. The molecule has 1 aliphatic rings. The number of hydrogen-bond acceptors (Lipinski definition) is 3. The van der Waals surface area contributed by atoms with Crippen LogP contribution < -0.4 is 4.74 Å². The lowest BCUT2D eigenvalue weighted by molar-refractivity contribution is 0.0683. The summed E-state index contributed by atoms with van der Waals surface area (Å²) >= 11 is 0. The van der Waals surface area contributed by atoms with E-state index in [1.807, 2.05) is 30.3 Å². The van der Waals surface area contributed by atoms with Gasteiger partial charge in [-0.25, -0.2) is 4.39 Å². The number of benzene rings is 2. The number of halogens is 1. The molecule has 1 aromatic heterocycles. The van der Waals surface area contributed by atoms with Crippen molar-refractivity contribution in [3.05, 3.63) is 82.8 Å². The molecule has 0 bridgehead atoms. The van der Waals surface area contributed by atoms with Crippen molar-refractivity contribution in [3.63, 3.8) is 0 Å². The molecule has 0 saturated carbocycles. The summed E-state index contributed by atoms with van der Waals surface area (Å²) in [4.78, 5) is 14.6. The number of nitrogens with zero attached hydrogens (tertiary/aromatic N) is 3. The van der Waals surface area contributed by atoms with Crippen molar-refractivity contribution >= 4 is 5.91 Å². The lowest BCUT2D eigenvalue weighted by atomic mass is 10.1. The fourth-order valence-corrected chi connectivity index (χ4v) is 3.19. The number of ether oxygens (including phenoxy) is 1. The Morgan fingerprint density at radius 3 is 2.67 bits per heavy atom. The number of aryl methyl sites for hydroxylation is 1. The van der Waals surface area contributed by atoms with Crippen LogP contribution in [-0.2, 0) is 19.7 Å². The Morgan fingerprint density at radius 2 is 1.89 bits per heavy atom. The Balaban J connectivity index is 1.45. The van der Waals surface area contributed by atoms with Crippen LogP contribution in [0.4, 0.5) is 4.39 Å². The first-order chi connectivity index (χ1) is 13.1. The van der Waals surface area contributed by atoms with Gasteiger partial charge in [-0.2, -0.15) is 0 Å². The van der Waals surface area contributed by atoms with Gasteiger partial charge in [-0.05, 0) is 29.7 Å². The van der Waals surface area contributed by atoms with Gasteiger partial charge in [0.2, 0.25) is 5.88 Å². The van der Waals surface area contributed by atoms with Gasteiger partial charge in [-0.3, -0.25) is 9.48 Å². The van der Waals surface area contributed by atoms with Crippen molar-refractivity contribution in [1.82, 2.24) is 14.7 Å². The maximum atomic E-state index is 13.4. The van der Waals surface area contributed by atoms with Crippen LogP contribution in [0.3, 0.4) is 0 Å². The predicted octanol–water partition coefficient (Wildman–Crippen LogP) is 3.57. The van der Waals surface area contributed by atoms with E-state index < -0.39 is 0 Å². The van der Waals surface area contributed by atoms with Crippen molar-refractivity contribution in [3.8, 4) is 5.88 Å². The van der Waals surface area contributed by atoms with Crippen LogP contribution in [0.5, 0.6) is 5.88 Å². The number of hydrogen-bond donors (Lipinski definition) is 0. The molecule has 0 N–H and O–H groups in total. The second-order valence-electron chi connectivity index (χ2n) is 6.68. The van der Waals surface area contributed by atoms with Crippen molar-refractivity contribution in [2.24, 2.45) is 0 Å². The Kier molecular flexibility index (Phi) is 4.62. The summed E-state index contributed by atoms with van der Waals surface area (Å²) in [6.45, 7) is 3.75. The highest BCUT2D eigenvalue weighted by Crippen LogP contribution is 2.21. The molecule has 0 unspecified atom stereocenters. The molecule has 2 heterocycles. The normalized spacial score (nSPS) is 13.6. The summed E-state index contributed by atoms with van der Waals surface area (Å²) < 4.78 is 20.9. The molecule has 3 aromatic rings. The summed E-state index contributed by atoms with van der Waals surface area (Å²) in [5.41, 5.74) is 3.06. The predicted molar refractivity (Wildman–Crippen MR) is 98.9 cm³/mol. The second-order valence-corrected chi connectivity index (χ2v) is 6.68. The van der Waals surface area contributed by atoms with E-state index >= 15 is 0 Å². The van der Waals surface area contributed by atoms with Crippen molar-refractivity contribution in [2.45, 2.75) is 26.6 Å². The standard InChI is InChI=1S/C21H20FN3O2/c1-15-11-17(7-8-18(15)22)13-24-9-10-25-19(21(24)26)12-20(23-25)27-14-16-5-3-2-4-6-16/h2-8,11-12H,9-10,13-14H2,1H3. The number of amides is 1. The molecule has 6 heteroatoms. The maximum absolute atomic E-state index is 13.4. The molecule has 0 atom stereocenters. The van der Waals surface area contributed by atoms with Crippen LogP contribution in [0, 0.1) is 12.7 Å². The first-order valence-corrected chi connectivity index (χ1v) is 8.89. The highest BCUT2D eigenvalue weighted by Gasteiger charge is 2.27. The zero-order chi connectivity index (χ0) is 18.8. The first kappa shape index (κ1) is 17.3. The minimum absolute atomic E-state index is 0.0923. The Bertz CT molecular complexity index is 969. The fourth-order valence-electron chi connectivity index (χ4n) is 3.19. The molecule has 0 saturated heterocycles. The monoisotopic (exact) mass is 365 g/mol. The number of rotatable bonds is 5. The molecule has 138 valence electrons. The van der Waals surface area contributed by atoms with Gasteiger partial charge >= 0.3 is 0 Å². The third kappa shape index (κ3) is 3.69. The largest absolute Gasteiger partial charge is 0.472 e.